The van der Waals surface area contributed by atoms with E-state index in [2.05, 4.69) is 6.07 Å². The average molecular weight is 388 g/mol. The van der Waals surface area contributed by atoms with Crippen molar-refractivity contribution in [3.05, 3.63) is 95.7 Å². The molecule has 1 N–H and O–H groups in total. The Bertz CT molecular complexity index is 1320. The Morgan fingerprint density at radius 3 is 2.39 bits per heavy atom. The van der Waals surface area contributed by atoms with E-state index in [1.54, 1.807) is 54.6 Å². The van der Waals surface area contributed by atoms with Gasteiger partial charge in [-0.3, -0.25) is 0 Å². The van der Waals surface area contributed by atoms with Crippen LogP contribution in [0.15, 0.2) is 83.8 Å². The Kier molecular flexibility index (Phi) is 4.38. The summed E-state index contributed by atoms with van der Waals surface area (Å²) >= 11 is 0. The highest BCUT2D eigenvalue weighted by molar-refractivity contribution is 7.90. The smallest absolute Gasteiger partial charge is 0.268 e. The first-order valence-corrected chi connectivity index (χ1v) is 10.1. The molecular weight excluding hydrogens is 372 g/mol. The van der Waals surface area contributed by atoms with Gasteiger partial charge in [0.15, 0.2) is 0 Å². The fourth-order valence-corrected chi connectivity index (χ4v) is 4.89. The van der Waals surface area contributed by atoms with Crippen molar-refractivity contribution in [2.24, 2.45) is 0 Å². The number of phenols is 1. The summed E-state index contributed by atoms with van der Waals surface area (Å²) in [5, 5.41) is 20.1. The van der Waals surface area contributed by atoms with E-state index >= 15 is 0 Å². The minimum atomic E-state index is -3.89. The van der Waals surface area contributed by atoms with E-state index in [4.69, 9.17) is 0 Å². The Labute approximate surface area is 162 Å². The van der Waals surface area contributed by atoms with Gasteiger partial charge in [-0.2, -0.15) is 5.26 Å². The van der Waals surface area contributed by atoms with Crippen molar-refractivity contribution in [2.45, 2.75) is 11.3 Å². The summed E-state index contributed by atoms with van der Waals surface area (Å²) in [4.78, 5) is 0.158. The molecule has 0 radical (unpaired) electrons. The van der Waals surface area contributed by atoms with Gasteiger partial charge in [-0.05, 0) is 42.0 Å². The molecule has 0 atom stereocenters. The normalized spacial score (nSPS) is 11.4. The molecule has 4 aromatic rings. The van der Waals surface area contributed by atoms with Gasteiger partial charge in [0.1, 0.15) is 5.75 Å². The van der Waals surface area contributed by atoms with Crippen LogP contribution in [0.1, 0.15) is 16.8 Å². The maximum absolute atomic E-state index is 13.4. The number of fused-ring (bicyclic) bond motifs is 1. The van der Waals surface area contributed by atoms with E-state index in [1.165, 1.54) is 22.2 Å². The summed E-state index contributed by atoms with van der Waals surface area (Å²) < 4.78 is 28.1. The SMILES string of the molecule is N#Cc1ccccc1Cc1cc2c(O)cccc2n1S(=O)(=O)c1ccccc1. The van der Waals surface area contributed by atoms with Gasteiger partial charge in [-0.1, -0.05) is 42.5 Å². The molecule has 3 aromatic carbocycles. The molecule has 5 nitrogen and oxygen atoms in total. The second-order valence-electron chi connectivity index (χ2n) is 6.37. The van der Waals surface area contributed by atoms with Gasteiger partial charge in [0, 0.05) is 17.5 Å². The lowest BCUT2D eigenvalue weighted by atomic mass is 10.0. The average Bonchev–Trinajstić information content (AvgIpc) is 3.09. The zero-order chi connectivity index (χ0) is 19.7. The van der Waals surface area contributed by atoms with E-state index in [9.17, 15) is 18.8 Å². The van der Waals surface area contributed by atoms with Crippen LogP contribution >= 0.6 is 0 Å². The highest BCUT2D eigenvalue weighted by Gasteiger charge is 2.24. The van der Waals surface area contributed by atoms with Crippen LogP contribution in [-0.4, -0.2) is 17.5 Å². The molecule has 1 heterocycles. The third-order valence-electron chi connectivity index (χ3n) is 4.64. The Balaban J connectivity index is 1.99. The Hall–Kier alpha value is -3.56. The Morgan fingerprint density at radius 1 is 0.929 bits per heavy atom. The van der Waals surface area contributed by atoms with Crippen molar-refractivity contribution < 1.29 is 13.5 Å². The van der Waals surface area contributed by atoms with Crippen LogP contribution < -0.4 is 0 Å². The van der Waals surface area contributed by atoms with Crippen LogP contribution in [0.3, 0.4) is 0 Å². The number of rotatable bonds is 4. The summed E-state index contributed by atoms with van der Waals surface area (Å²) in [5.74, 6) is 0.00864. The van der Waals surface area contributed by atoms with E-state index < -0.39 is 10.0 Å². The van der Waals surface area contributed by atoms with E-state index in [0.717, 1.165) is 5.56 Å². The molecule has 0 saturated heterocycles. The molecule has 0 fully saturated rings. The quantitative estimate of drug-likeness (QED) is 0.572. The minimum absolute atomic E-state index is 0.00864. The lowest BCUT2D eigenvalue weighted by Gasteiger charge is -2.13. The van der Waals surface area contributed by atoms with Crippen LogP contribution in [0.25, 0.3) is 10.9 Å². The van der Waals surface area contributed by atoms with Crippen molar-refractivity contribution in [1.29, 1.82) is 5.26 Å². The number of nitriles is 1. The number of benzene rings is 3. The molecule has 0 spiro atoms. The standard InChI is InChI=1S/C22H16N2O3S/c23-15-17-8-5-4-7-16(17)13-18-14-20-21(11-6-12-22(20)25)24(18)28(26,27)19-9-2-1-3-10-19/h1-12,14,25H,13H2. The molecule has 28 heavy (non-hydrogen) atoms. The largest absolute Gasteiger partial charge is 0.507 e. The van der Waals surface area contributed by atoms with Crippen LogP contribution in [0.5, 0.6) is 5.75 Å². The third kappa shape index (κ3) is 2.92. The molecule has 0 bridgehead atoms. The van der Waals surface area contributed by atoms with Gasteiger partial charge < -0.3 is 5.11 Å². The molecule has 6 heteroatoms. The first-order valence-electron chi connectivity index (χ1n) is 8.63. The second-order valence-corrected chi connectivity index (χ2v) is 8.16. The zero-order valence-electron chi connectivity index (χ0n) is 14.8. The minimum Gasteiger partial charge on any atom is -0.507 e. The zero-order valence-corrected chi connectivity index (χ0v) is 15.6. The van der Waals surface area contributed by atoms with Crippen LogP contribution in [0.4, 0.5) is 0 Å². The molecule has 0 amide bonds. The number of aromatic hydroxyl groups is 1. The Morgan fingerprint density at radius 2 is 1.64 bits per heavy atom. The number of aromatic nitrogens is 1. The van der Waals surface area contributed by atoms with E-state index in [0.29, 0.717) is 22.2 Å². The number of nitrogens with zero attached hydrogens (tertiary/aromatic N) is 2. The van der Waals surface area contributed by atoms with Crippen molar-refractivity contribution >= 4 is 20.9 Å². The fourth-order valence-electron chi connectivity index (χ4n) is 3.33. The highest BCUT2D eigenvalue weighted by Crippen LogP contribution is 2.32. The lowest BCUT2D eigenvalue weighted by Crippen LogP contribution is -2.16. The molecular formula is C22H16N2O3S. The van der Waals surface area contributed by atoms with Crippen LogP contribution in [0, 0.1) is 11.3 Å². The van der Waals surface area contributed by atoms with Crippen molar-refractivity contribution in [2.75, 3.05) is 0 Å². The highest BCUT2D eigenvalue weighted by atomic mass is 32.2. The van der Waals surface area contributed by atoms with Crippen LogP contribution in [-0.2, 0) is 16.4 Å². The maximum atomic E-state index is 13.4. The first kappa shape index (κ1) is 17.8. The maximum Gasteiger partial charge on any atom is 0.268 e. The summed E-state index contributed by atoms with van der Waals surface area (Å²) in [6, 6.07) is 23.9. The predicted octanol–water partition coefficient (Wildman–Crippen LogP) is 4.05. The fraction of sp³-hybridized carbons (Fsp3) is 0.0455. The van der Waals surface area contributed by atoms with E-state index in [1.807, 2.05) is 6.07 Å². The van der Waals surface area contributed by atoms with Crippen LogP contribution in [0.2, 0.25) is 0 Å². The molecule has 1 aromatic heterocycles. The van der Waals surface area contributed by atoms with Gasteiger partial charge in [0.25, 0.3) is 10.0 Å². The molecule has 0 unspecified atom stereocenters. The molecule has 4 rings (SSSR count). The predicted molar refractivity (Wildman–Crippen MR) is 107 cm³/mol. The van der Waals surface area contributed by atoms with Gasteiger partial charge >= 0.3 is 0 Å². The molecule has 138 valence electrons. The van der Waals surface area contributed by atoms with E-state index in [-0.39, 0.29) is 17.1 Å². The molecule has 0 aliphatic rings. The van der Waals surface area contributed by atoms with Gasteiger partial charge in [-0.15, -0.1) is 0 Å². The summed E-state index contributed by atoms with van der Waals surface area (Å²) in [5.41, 5.74) is 2.08. The molecule has 0 aliphatic heterocycles. The van der Waals surface area contributed by atoms with Crippen molar-refractivity contribution in [3.8, 4) is 11.8 Å². The first-order chi connectivity index (χ1) is 13.5. The monoisotopic (exact) mass is 388 g/mol. The van der Waals surface area contributed by atoms with Gasteiger partial charge in [-0.25, -0.2) is 12.4 Å². The summed E-state index contributed by atoms with van der Waals surface area (Å²) in [7, 11) is -3.89. The summed E-state index contributed by atoms with van der Waals surface area (Å²) in [6.45, 7) is 0. The third-order valence-corrected chi connectivity index (χ3v) is 6.42. The van der Waals surface area contributed by atoms with Crippen molar-refractivity contribution in [1.82, 2.24) is 3.97 Å². The lowest BCUT2D eigenvalue weighted by molar-refractivity contribution is 0.481. The van der Waals surface area contributed by atoms with Gasteiger partial charge in [0.05, 0.1) is 22.0 Å². The second kappa shape index (κ2) is 6.87. The number of phenolic OH excluding ortho intramolecular Hbond substituents is 1. The number of hydrogen-bond acceptors (Lipinski definition) is 4. The number of hydrogen-bond donors (Lipinski definition) is 1. The topological polar surface area (TPSA) is 83.1 Å². The summed E-state index contributed by atoms with van der Waals surface area (Å²) in [6.07, 6.45) is 0.240. The molecule has 0 saturated carbocycles. The van der Waals surface area contributed by atoms with Gasteiger partial charge in [0.2, 0.25) is 0 Å². The molecule has 0 aliphatic carbocycles. The van der Waals surface area contributed by atoms with Crippen molar-refractivity contribution in [3.63, 3.8) is 0 Å².